The number of nitrogens with one attached hydrogen (secondary N) is 1. The van der Waals surface area contributed by atoms with Crippen molar-refractivity contribution in [3.63, 3.8) is 0 Å². The van der Waals surface area contributed by atoms with E-state index in [0.29, 0.717) is 11.7 Å². The average molecular weight is 221 g/mol. The molecule has 3 fully saturated rings. The third kappa shape index (κ3) is 2.65. The maximum atomic E-state index is 11.9. The molecular formula is C14H23NO. The lowest BCUT2D eigenvalue weighted by Gasteiger charge is -2.28. The average Bonchev–Trinajstić information content (AvgIpc) is 3.02. The Morgan fingerprint density at radius 3 is 2.31 bits per heavy atom. The number of hydrogen-bond donors (Lipinski definition) is 1. The topological polar surface area (TPSA) is 29.1 Å². The second-order valence-corrected chi connectivity index (χ2v) is 6.20. The maximum Gasteiger partial charge on any atom is 0.133 e. The molecule has 2 atom stereocenters. The van der Waals surface area contributed by atoms with Crippen molar-refractivity contribution in [2.75, 3.05) is 0 Å². The summed E-state index contributed by atoms with van der Waals surface area (Å²) in [6, 6.07) is 1.47. The maximum absolute atomic E-state index is 11.9. The van der Waals surface area contributed by atoms with Gasteiger partial charge in [-0.05, 0) is 43.9 Å². The van der Waals surface area contributed by atoms with Gasteiger partial charge in [0.1, 0.15) is 5.78 Å². The second kappa shape index (κ2) is 4.48. The van der Waals surface area contributed by atoms with Crippen LogP contribution in [0.5, 0.6) is 0 Å². The van der Waals surface area contributed by atoms with Gasteiger partial charge in [-0.25, -0.2) is 0 Å². The van der Waals surface area contributed by atoms with Crippen LogP contribution in [0.4, 0.5) is 0 Å². The van der Waals surface area contributed by atoms with E-state index in [0.717, 1.165) is 30.8 Å². The van der Waals surface area contributed by atoms with Gasteiger partial charge in [0, 0.05) is 24.9 Å². The minimum atomic E-state index is 0.540. The van der Waals surface area contributed by atoms with Crippen LogP contribution in [0.3, 0.4) is 0 Å². The number of ketones is 1. The molecule has 0 amide bonds. The van der Waals surface area contributed by atoms with E-state index in [2.05, 4.69) is 5.32 Å². The summed E-state index contributed by atoms with van der Waals surface area (Å²) >= 11 is 0. The highest BCUT2D eigenvalue weighted by Gasteiger charge is 2.34. The first-order valence-electron chi connectivity index (χ1n) is 7.07. The summed E-state index contributed by atoms with van der Waals surface area (Å²) in [5.74, 6) is 2.15. The third-order valence-electron chi connectivity index (χ3n) is 4.62. The molecule has 0 spiro atoms. The molecule has 1 saturated carbocycles. The number of carbonyl (C=O) groups excluding carboxylic acids is 1. The van der Waals surface area contributed by atoms with Crippen LogP contribution in [-0.4, -0.2) is 17.9 Å². The first-order valence-corrected chi connectivity index (χ1v) is 7.07. The van der Waals surface area contributed by atoms with Crippen molar-refractivity contribution in [3.05, 3.63) is 0 Å². The molecule has 2 aliphatic heterocycles. The van der Waals surface area contributed by atoms with Crippen LogP contribution in [0, 0.1) is 11.8 Å². The molecule has 3 aliphatic rings. The van der Waals surface area contributed by atoms with Crippen LogP contribution in [-0.2, 0) is 4.79 Å². The van der Waals surface area contributed by atoms with Crippen LogP contribution in [0.2, 0.25) is 0 Å². The predicted octanol–water partition coefficient (Wildman–Crippen LogP) is 2.67. The van der Waals surface area contributed by atoms with Gasteiger partial charge in [-0.1, -0.05) is 12.8 Å². The van der Waals surface area contributed by atoms with Crippen molar-refractivity contribution < 1.29 is 4.79 Å². The van der Waals surface area contributed by atoms with Crippen molar-refractivity contribution in [1.29, 1.82) is 0 Å². The molecule has 1 N–H and O–H groups in total. The Hall–Kier alpha value is -0.370. The van der Waals surface area contributed by atoms with Gasteiger partial charge in [0.25, 0.3) is 0 Å². The molecule has 2 heteroatoms. The molecule has 2 heterocycles. The van der Waals surface area contributed by atoms with Gasteiger partial charge < -0.3 is 5.32 Å². The molecule has 0 aromatic carbocycles. The van der Waals surface area contributed by atoms with E-state index in [1.807, 2.05) is 0 Å². The minimum Gasteiger partial charge on any atom is -0.311 e. The van der Waals surface area contributed by atoms with Crippen LogP contribution >= 0.6 is 0 Å². The van der Waals surface area contributed by atoms with Gasteiger partial charge in [-0.15, -0.1) is 0 Å². The zero-order valence-electron chi connectivity index (χ0n) is 10.1. The first kappa shape index (κ1) is 10.8. The van der Waals surface area contributed by atoms with Gasteiger partial charge in [0.15, 0.2) is 0 Å². The number of piperidine rings is 1. The number of carbonyl (C=O) groups is 1. The number of hydrogen-bond acceptors (Lipinski definition) is 2. The normalized spacial score (nSPS) is 37.6. The van der Waals surface area contributed by atoms with Gasteiger partial charge in [-0.2, -0.15) is 0 Å². The summed E-state index contributed by atoms with van der Waals surface area (Å²) < 4.78 is 0. The van der Waals surface area contributed by atoms with Gasteiger partial charge >= 0.3 is 0 Å². The lowest BCUT2D eigenvalue weighted by atomic mass is 9.87. The van der Waals surface area contributed by atoms with Crippen molar-refractivity contribution >= 4 is 5.78 Å². The molecule has 2 unspecified atom stereocenters. The van der Waals surface area contributed by atoms with E-state index in [9.17, 15) is 4.79 Å². The van der Waals surface area contributed by atoms with Gasteiger partial charge in [0.05, 0.1) is 0 Å². The largest absolute Gasteiger partial charge is 0.311 e. The van der Waals surface area contributed by atoms with E-state index in [4.69, 9.17) is 0 Å². The molecule has 1 aliphatic carbocycles. The SMILES string of the molecule is O=C(CCC1CC1)CC1CC2CCC(C1)N2. The van der Waals surface area contributed by atoms with E-state index < -0.39 is 0 Å². The number of rotatable bonds is 5. The fourth-order valence-corrected chi connectivity index (χ4v) is 3.54. The number of Topliss-reactive ketones (excluding diaryl/α,β-unsaturated/α-hetero) is 1. The highest BCUT2D eigenvalue weighted by atomic mass is 16.1. The quantitative estimate of drug-likeness (QED) is 0.773. The van der Waals surface area contributed by atoms with Crippen molar-refractivity contribution in [1.82, 2.24) is 5.32 Å². The van der Waals surface area contributed by atoms with Crippen LogP contribution < -0.4 is 5.32 Å². The van der Waals surface area contributed by atoms with E-state index in [1.165, 1.54) is 44.9 Å². The standard InChI is InChI=1S/C14H23NO/c16-14(6-3-10-1-2-10)9-11-7-12-4-5-13(8-11)15-12/h10-13,15H,1-9H2. The Bertz CT molecular complexity index is 260. The smallest absolute Gasteiger partial charge is 0.133 e. The summed E-state index contributed by atoms with van der Waals surface area (Å²) in [5.41, 5.74) is 0. The molecular weight excluding hydrogens is 198 g/mol. The predicted molar refractivity (Wildman–Crippen MR) is 64.3 cm³/mol. The van der Waals surface area contributed by atoms with Gasteiger partial charge in [-0.3, -0.25) is 4.79 Å². The van der Waals surface area contributed by atoms with Crippen molar-refractivity contribution in [3.8, 4) is 0 Å². The molecule has 90 valence electrons. The van der Waals surface area contributed by atoms with Gasteiger partial charge in [0.2, 0.25) is 0 Å². The summed E-state index contributed by atoms with van der Waals surface area (Å²) in [4.78, 5) is 11.9. The first-order chi connectivity index (χ1) is 7.79. The molecule has 0 aromatic rings. The van der Waals surface area contributed by atoms with E-state index in [1.54, 1.807) is 0 Å². The lowest BCUT2D eigenvalue weighted by molar-refractivity contribution is -0.120. The Kier molecular flexibility index (Phi) is 3.01. The summed E-state index contributed by atoms with van der Waals surface area (Å²) in [6.45, 7) is 0. The fourth-order valence-electron chi connectivity index (χ4n) is 3.54. The summed E-state index contributed by atoms with van der Waals surface area (Å²) in [6.07, 6.45) is 10.9. The Labute approximate surface area is 98.2 Å². The Morgan fingerprint density at radius 1 is 1.00 bits per heavy atom. The highest BCUT2D eigenvalue weighted by Crippen LogP contribution is 2.35. The molecule has 16 heavy (non-hydrogen) atoms. The van der Waals surface area contributed by atoms with Crippen LogP contribution in [0.15, 0.2) is 0 Å². The minimum absolute atomic E-state index is 0.540. The molecule has 0 aromatic heterocycles. The lowest BCUT2D eigenvalue weighted by Crippen LogP contribution is -2.38. The van der Waals surface area contributed by atoms with E-state index >= 15 is 0 Å². The second-order valence-electron chi connectivity index (χ2n) is 6.20. The van der Waals surface area contributed by atoms with Crippen LogP contribution in [0.1, 0.15) is 57.8 Å². The molecule has 2 saturated heterocycles. The molecule has 2 bridgehead atoms. The number of fused-ring (bicyclic) bond motifs is 2. The third-order valence-corrected chi connectivity index (χ3v) is 4.62. The van der Waals surface area contributed by atoms with Crippen LogP contribution in [0.25, 0.3) is 0 Å². The van der Waals surface area contributed by atoms with Crippen molar-refractivity contribution in [2.45, 2.75) is 69.9 Å². The Morgan fingerprint density at radius 2 is 1.69 bits per heavy atom. The molecule has 3 rings (SSSR count). The summed E-state index contributed by atoms with van der Waals surface area (Å²) in [5, 5.41) is 3.64. The zero-order valence-corrected chi connectivity index (χ0v) is 10.1. The highest BCUT2D eigenvalue weighted by molar-refractivity contribution is 5.78. The molecule has 0 radical (unpaired) electrons. The Balaban J connectivity index is 1.41. The summed E-state index contributed by atoms with van der Waals surface area (Å²) in [7, 11) is 0. The zero-order chi connectivity index (χ0) is 11.0. The monoisotopic (exact) mass is 221 g/mol. The fraction of sp³-hybridized carbons (Fsp3) is 0.929. The van der Waals surface area contributed by atoms with E-state index in [-0.39, 0.29) is 0 Å². The molecule has 2 nitrogen and oxygen atoms in total. The van der Waals surface area contributed by atoms with Crippen molar-refractivity contribution in [2.24, 2.45) is 11.8 Å².